The molecule has 5 rings (SSSR count). The van der Waals surface area contributed by atoms with E-state index in [1.165, 1.54) is 0 Å². The van der Waals surface area contributed by atoms with Crippen LogP contribution in [0.25, 0.3) is 11.4 Å². The van der Waals surface area contributed by atoms with E-state index in [-0.39, 0.29) is 23.3 Å². The van der Waals surface area contributed by atoms with Crippen LogP contribution >= 0.6 is 0 Å². The van der Waals surface area contributed by atoms with Crippen LogP contribution < -0.4 is 0 Å². The molecule has 0 radical (unpaired) electrons. The zero-order chi connectivity index (χ0) is 17.0. The summed E-state index contributed by atoms with van der Waals surface area (Å²) in [6.07, 6.45) is 8.48. The Morgan fingerprint density at radius 3 is 2.36 bits per heavy atom. The van der Waals surface area contributed by atoms with Crippen LogP contribution in [0, 0.1) is 0 Å². The lowest BCUT2D eigenvalue weighted by atomic mass is 9.92. The van der Waals surface area contributed by atoms with Crippen molar-refractivity contribution in [2.75, 3.05) is 0 Å². The predicted molar refractivity (Wildman–Crippen MR) is 90.1 cm³/mol. The van der Waals surface area contributed by atoms with Gasteiger partial charge in [-0.1, -0.05) is 5.16 Å². The zero-order valence-electron chi connectivity index (χ0n) is 13.8. The summed E-state index contributed by atoms with van der Waals surface area (Å²) in [5, 5.41) is 3.96. The Kier molecular flexibility index (Phi) is 3.46. The van der Waals surface area contributed by atoms with E-state index in [1.54, 1.807) is 12.4 Å². The first-order valence-corrected chi connectivity index (χ1v) is 10.4. The van der Waals surface area contributed by atoms with Crippen LogP contribution in [0.5, 0.6) is 0 Å². The highest BCUT2D eigenvalue weighted by Crippen LogP contribution is 2.47. The predicted octanol–water partition coefficient (Wildman–Crippen LogP) is 2.33. The molecule has 0 aromatic carbocycles. The highest BCUT2D eigenvalue weighted by molar-refractivity contribution is 7.90. The average molecular weight is 360 g/mol. The fourth-order valence-electron chi connectivity index (χ4n) is 4.31. The molecule has 1 aliphatic carbocycles. The Bertz CT molecular complexity index is 864. The number of fused-ring (bicyclic) bond motifs is 2. The van der Waals surface area contributed by atoms with E-state index >= 15 is 0 Å². The van der Waals surface area contributed by atoms with E-state index in [4.69, 9.17) is 4.52 Å². The van der Waals surface area contributed by atoms with Gasteiger partial charge in [-0.25, -0.2) is 8.42 Å². The van der Waals surface area contributed by atoms with Gasteiger partial charge < -0.3 is 4.52 Å². The number of piperidine rings is 1. The van der Waals surface area contributed by atoms with Gasteiger partial charge in [-0.2, -0.15) is 9.29 Å². The Morgan fingerprint density at radius 1 is 1.04 bits per heavy atom. The maximum absolute atomic E-state index is 12.7. The Labute approximate surface area is 146 Å². The van der Waals surface area contributed by atoms with Crippen molar-refractivity contribution in [3.63, 3.8) is 0 Å². The number of sulfonamides is 1. The molecule has 0 spiro atoms. The molecule has 4 heterocycles. The van der Waals surface area contributed by atoms with Gasteiger partial charge in [0.1, 0.15) is 0 Å². The molecular formula is C17H20N4O3S. The van der Waals surface area contributed by atoms with Crippen LogP contribution in [0.2, 0.25) is 0 Å². The first-order chi connectivity index (χ1) is 12.1. The normalized spacial score (nSPS) is 29.8. The van der Waals surface area contributed by atoms with Crippen molar-refractivity contribution in [2.45, 2.75) is 61.8 Å². The minimum Gasteiger partial charge on any atom is -0.339 e. The van der Waals surface area contributed by atoms with E-state index in [2.05, 4.69) is 15.1 Å². The van der Waals surface area contributed by atoms with Gasteiger partial charge in [0, 0.05) is 36.0 Å². The van der Waals surface area contributed by atoms with Gasteiger partial charge in [-0.3, -0.25) is 4.98 Å². The maximum Gasteiger partial charge on any atom is 0.230 e. The zero-order valence-corrected chi connectivity index (χ0v) is 14.6. The second-order valence-electron chi connectivity index (χ2n) is 7.32. The monoisotopic (exact) mass is 360 g/mol. The third-order valence-corrected chi connectivity index (χ3v) is 8.13. The van der Waals surface area contributed by atoms with Crippen LogP contribution in [-0.2, 0) is 10.0 Å². The van der Waals surface area contributed by atoms with Gasteiger partial charge >= 0.3 is 0 Å². The van der Waals surface area contributed by atoms with Crippen LogP contribution in [0.3, 0.4) is 0 Å². The summed E-state index contributed by atoms with van der Waals surface area (Å²) in [4.78, 5) is 8.56. The third-order valence-electron chi connectivity index (χ3n) is 5.64. The van der Waals surface area contributed by atoms with Crippen LogP contribution in [0.1, 0.15) is 50.3 Å². The lowest BCUT2D eigenvalue weighted by Gasteiger charge is -2.36. The largest absolute Gasteiger partial charge is 0.339 e. The average Bonchev–Trinajstić information content (AvgIpc) is 3.31. The second-order valence-corrected chi connectivity index (χ2v) is 9.44. The Morgan fingerprint density at radius 2 is 1.72 bits per heavy atom. The lowest BCUT2D eigenvalue weighted by Crippen LogP contribution is -2.47. The molecule has 2 saturated heterocycles. The molecule has 7 nitrogen and oxygen atoms in total. The number of nitrogens with zero attached hydrogens (tertiary/aromatic N) is 4. The Hall–Kier alpha value is -1.80. The van der Waals surface area contributed by atoms with Gasteiger partial charge in [0.15, 0.2) is 0 Å². The number of hydrogen-bond acceptors (Lipinski definition) is 6. The number of pyridine rings is 1. The van der Waals surface area contributed by atoms with Crippen LogP contribution in [0.4, 0.5) is 0 Å². The van der Waals surface area contributed by atoms with Gasteiger partial charge in [0.05, 0.1) is 5.25 Å². The van der Waals surface area contributed by atoms with Crippen molar-refractivity contribution in [3.8, 4) is 11.4 Å². The molecular weight excluding hydrogens is 340 g/mol. The Balaban J connectivity index is 1.37. The molecule has 2 aromatic heterocycles. The molecule has 0 N–H and O–H groups in total. The van der Waals surface area contributed by atoms with Crippen LogP contribution in [-0.4, -0.2) is 45.2 Å². The van der Waals surface area contributed by atoms with Gasteiger partial charge in [0.25, 0.3) is 0 Å². The summed E-state index contributed by atoms with van der Waals surface area (Å²) in [6.45, 7) is 0. The molecule has 132 valence electrons. The first kappa shape index (κ1) is 15.5. The summed E-state index contributed by atoms with van der Waals surface area (Å²) in [5.74, 6) is 1.34. The molecule has 0 amide bonds. The lowest BCUT2D eigenvalue weighted by molar-refractivity contribution is 0.201. The van der Waals surface area contributed by atoms with E-state index in [0.717, 1.165) is 44.1 Å². The molecule has 3 aliphatic rings. The molecule has 3 fully saturated rings. The van der Waals surface area contributed by atoms with Crippen molar-refractivity contribution >= 4 is 10.0 Å². The fourth-order valence-corrected chi connectivity index (χ4v) is 6.60. The standard InChI is InChI=1S/C17H20N4O3S/c22-25(23,15-3-4-15)21-13-1-2-14(21)10-12(9-13)17-19-16(20-24-17)11-5-7-18-8-6-11/h5-8,12-15H,1-4,9-10H2/t12?,13-,14+. The molecule has 1 saturated carbocycles. The molecule has 2 aromatic rings. The number of aromatic nitrogens is 3. The third kappa shape index (κ3) is 2.58. The highest BCUT2D eigenvalue weighted by atomic mass is 32.2. The summed E-state index contributed by atoms with van der Waals surface area (Å²) in [6, 6.07) is 3.88. The van der Waals surface area contributed by atoms with Gasteiger partial charge in [-0.15, -0.1) is 0 Å². The topological polar surface area (TPSA) is 89.2 Å². The summed E-state index contributed by atoms with van der Waals surface area (Å²) < 4.78 is 32.8. The first-order valence-electron chi connectivity index (χ1n) is 8.89. The van der Waals surface area contributed by atoms with E-state index in [9.17, 15) is 8.42 Å². The van der Waals surface area contributed by atoms with Gasteiger partial charge in [0.2, 0.25) is 21.7 Å². The van der Waals surface area contributed by atoms with E-state index in [1.807, 2.05) is 16.4 Å². The minimum absolute atomic E-state index is 0.0885. The molecule has 2 aliphatic heterocycles. The quantitative estimate of drug-likeness (QED) is 0.831. The second kappa shape index (κ2) is 5.60. The molecule has 1 unspecified atom stereocenters. The van der Waals surface area contributed by atoms with E-state index in [0.29, 0.717) is 11.7 Å². The maximum atomic E-state index is 12.7. The smallest absolute Gasteiger partial charge is 0.230 e. The van der Waals surface area contributed by atoms with Crippen molar-refractivity contribution in [2.24, 2.45) is 0 Å². The summed E-state index contributed by atoms with van der Waals surface area (Å²) in [5.41, 5.74) is 0.877. The SMILES string of the molecule is O=S(=O)(C1CC1)N1[C@@H]2CC[C@H]1CC(c1nc(-c3ccncc3)no1)C2. The van der Waals surface area contributed by atoms with Crippen molar-refractivity contribution < 1.29 is 12.9 Å². The van der Waals surface area contributed by atoms with E-state index < -0.39 is 10.0 Å². The van der Waals surface area contributed by atoms with Crippen LogP contribution in [0.15, 0.2) is 29.0 Å². The number of hydrogen-bond donors (Lipinski definition) is 0. The summed E-state index contributed by atoms with van der Waals surface area (Å²) in [7, 11) is -3.11. The fraction of sp³-hybridized carbons (Fsp3) is 0.588. The number of rotatable bonds is 4. The van der Waals surface area contributed by atoms with Gasteiger partial charge in [-0.05, 0) is 50.7 Å². The highest BCUT2D eigenvalue weighted by Gasteiger charge is 2.52. The summed E-state index contributed by atoms with van der Waals surface area (Å²) >= 11 is 0. The molecule has 3 atom stereocenters. The van der Waals surface area contributed by atoms with Crippen molar-refractivity contribution in [3.05, 3.63) is 30.4 Å². The minimum atomic E-state index is -3.11. The van der Waals surface area contributed by atoms with Crippen molar-refractivity contribution in [1.29, 1.82) is 0 Å². The molecule has 25 heavy (non-hydrogen) atoms. The molecule has 2 bridgehead atoms. The van der Waals surface area contributed by atoms with Crippen molar-refractivity contribution in [1.82, 2.24) is 19.4 Å². The molecule has 8 heteroatoms.